The molecule has 6 heterocycles. The Labute approximate surface area is 253 Å². The first-order valence-electron chi connectivity index (χ1n) is 14.9. The van der Waals surface area contributed by atoms with Gasteiger partial charge in [-0.3, -0.25) is 9.97 Å². The van der Waals surface area contributed by atoms with Crippen LogP contribution in [0.25, 0.3) is 0 Å². The first kappa shape index (κ1) is 30.1. The standard InChI is InChI=1S/C16H22N6.C15H20N6/c1-2-21-6-8-22(9-7-21)15-14(12-19-16(17)20-15)10-13-4-3-5-18-11-13;1-20-5-7-21(8-6-20)14-13(11-18-15(16)19-14)9-12-3-2-4-17-10-12/h3-5,11-12H,2,6-10H2,1H3,(H2,17,19,20);2-4,10-11H,5-9H2,1H3,(H2,16,18,19). The van der Waals surface area contributed by atoms with Gasteiger partial charge in [-0.15, -0.1) is 0 Å². The molecule has 4 aromatic rings. The minimum Gasteiger partial charge on any atom is -0.368 e. The van der Waals surface area contributed by atoms with Gasteiger partial charge >= 0.3 is 0 Å². The van der Waals surface area contributed by atoms with E-state index in [4.69, 9.17) is 11.5 Å². The highest BCUT2D eigenvalue weighted by molar-refractivity contribution is 5.52. The molecule has 0 radical (unpaired) electrons. The van der Waals surface area contributed by atoms with E-state index in [1.165, 1.54) is 0 Å². The van der Waals surface area contributed by atoms with Crippen LogP contribution in [0.15, 0.2) is 61.4 Å². The molecule has 0 saturated carbocycles. The van der Waals surface area contributed by atoms with Crippen molar-refractivity contribution >= 4 is 23.5 Å². The number of aromatic nitrogens is 6. The SMILES string of the molecule is CCN1CCN(c2nc(N)ncc2Cc2cccnc2)CC1.CN1CCN(c2nc(N)ncc2Cc2cccnc2)CC1. The van der Waals surface area contributed by atoms with Gasteiger partial charge in [0.2, 0.25) is 11.9 Å². The van der Waals surface area contributed by atoms with Crippen LogP contribution in [-0.2, 0) is 12.8 Å². The summed E-state index contributed by atoms with van der Waals surface area (Å²) >= 11 is 0. The van der Waals surface area contributed by atoms with Crippen molar-refractivity contribution in [1.29, 1.82) is 0 Å². The summed E-state index contributed by atoms with van der Waals surface area (Å²) < 4.78 is 0. The van der Waals surface area contributed by atoms with E-state index >= 15 is 0 Å². The number of hydrogen-bond acceptors (Lipinski definition) is 12. The Morgan fingerprint density at radius 2 is 1.12 bits per heavy atom. The molecule has 12 nitrogen and oxygen atoms in total. The van der Waals surface area contributed by atoms with Gasteiger partial charge in [-0.1, -0.05) is 19.1 Å². The lowest BCUT2D eigenvalue weighted by molar-refractivity contribution is 0.270. The number of nitrogens with zero attached hydrogens (tertiary/aromatic N) is 10. The van der Waals surface area contributed by atoms with Crippen LogP contribution in [-0.4, -0.2) is 106 Å². The molecule has 226 valence electrons. The van der Waals surface area contributed by atoms with Crippen molar-refractivity contribution in [1.82, 2.24) is 39.7 Å². The molecule has 2 aliphatic rings. The normalized spacial score (nSPS) is 16.0. The molecular formula is C31H42N12. The molecule has 2 saturated heterocycles. The third kappa shape index (κ3) is 8.33. The van der Waals surface area contributed by atoms with Gasteiger partial charge in [0, 0.05) is 114 Å². The van der Waals surface area contributed by atoms with Crippen molar-refractivity contribution in [3.8, 4) is 0 Å². The van der Waals surface area contributed by atoms with Gasteiger partial charge in [0.05, 0.1) is 0 Å². The average Bonchev–Trinajstić information content (AvgIpc) is 3.04. The summed E-state index contributed by atoms with van der Waals surface area (Å²) in [7, 11) is 2.14. The number of nitrogen functional groups attached to an aromatic ring is 2. The lowest BCUT2D eigenvalue weighted by Crippen LogP contribution is -2.46. The summed E-state index contributed by atoms with van der Waals surface area (Å²) in [5.41, 5.74) is 16.1. The third-order valence-electron chi connectivity index (χ3n) is 7.88. The van der Waals surface area contributed by atoms with Crippen LogP contribution >= 0.6 is 0 Å². The maximum atomic E-state index is 5.81. The highest BCUT2D eigenvalue weighted by atomic mass is 15.3. The summed E-state index contributed by atoms with van der Waals surface area (Å²) in [5.74, 6) is 2.59. The number of anilines is 4. The van der Waals surface area contributed by atoms with Crippen LogP contribution in [0.2, 0.25) is 0 Å². The Morgan fingerprint density at radius 1 is 0.651 bits per heavy atom. The zero-order chi connectivity index (χ0) is 30.0. The second-order valence-electron chi connectivity index (χ2n) is 10.9. The number of hydrogen-bond donors (Lipinski definition) is 2. The molecule has 43 heavy (non-hydrogen) atoms. The highest BCUT2D eigenvalue weighted by Crippen LogP contribution is 2.23. The van der Waals surface area contributed by atoms with Crippen LogP contribution in [0.3, 0.4) is 0 Å². The lowest BCUT2D eigenvalue weighted by Gasteiger charge is -2.35. The maximum absolute atomic E-state index is 5.81. The summed E-state index contributed by atoms with van der Waals surface area (Å²) in [6, 6.07) is 8.04. The number of pyridine rings is 2. The van der Waals surface area contributed by atoms with E-state index in [1.807, 2.05) is 36.9 Å². The molecule has 0 aliphatic carbocycles. The monoisotopic (exact) mass is 582 g/mol. The van der Waals surface area contributed by atoms with E-state index in [0.29, 0.717) is 11.9 Å². The fraction of sp³-hybridized carbons (Fsp3) is 0.419. The van der Waals surface area contributed by atoms with E-state index in [-0.39, 0.29) is 0 Å². The van der Waals surface area contributed by atoms with Gasteiger partial charge in [-0.05, 0) is 36.9 Å². The van der Waals surface area contributed by atoms with E-state index < -0.39 is 0 Å². The van der Waals surface area contributed by atoms with Gasteiger partial charge < -0.3 is 31.1 Å². The molecular weight excluding hydrogens is 540 g/mol. The molecule has 0 amide bonds. The Hall–Kier alpha value is -4.42. The van der Waals surface area contributed by atoms with Gasteiger partial charge in [-0.25, -0.2) is 9.97 Å². The first-order chi connectivity index (χ1) is 21.0. The average molecular weight is 583 g/mol. The largest absolute Gasteiger partial charge is 0.368 e. The first-order valence-corrected chi connectivity index (χ1v) is 14.9. The van der Waals surface area contributed by atoms with Crippen molar-refractivity contribution in [3.63, 3.8) is 0 Å². The van der Waals surface area contributed by atoms with Crippen molar-refractivity contribution in [2.24, 2.45) is 0 Å². The minimum absolute atomic E-state index is 0.332. The minimum atomic E-state index is 0.332. The van der Waals surface area contributed by atoms with E-state index in [2.05, 4.69) is 75.6 Å². The number of rotatable bonds is 7. The number of likely N-dealkylation sites (N-methyl/N-ethyl adjacent to an activating group) is 2. The Bertz CT molecular complexity index is 1420. The molecule has 4 N–H and O–H groups in total. The smallest absolute Gasteiger partial charge is 0.221 e. The molecule has 4 aromatic heterocycles. The fourth-order valence-electron chi connectivity index (χ4n) is 5.36. The predicted octanol–water partition coefficient (Wildman–Crippen LogP) is 1.98. The molecule has 0 aromatic carbocycles. The van der Waals surface area contributed by atoms with Crippen LogP contribution in [0.5, 0.6) is 0 Å². The van der Waals surface area contributed by atoms with Crippen molar-refractivity contribution < 1.29 is 0 Å². The molecule has 0 bridgehead atoms. The van der Waals surface area contributed by atoms with E-state index in [1.54, 1.807) is 12.4 Å². The second-order valence-corrected chi connectivity index (χ2v) is 10.9. The van der Waals surface area contributed by atoms with Crippen LogP contribution in [0.1, 0.15) is 29.2 Å². The van der Waals surface area contributed by atoms with Crippen molar-refractivity contribution in [2.75, 3.05) is 87.2 Å². The highest BCUT2D eigenvalue weighted by Gasteiger charge is 2.21. The summed E-state index contributed by atoms with van der Waals surface area (Å²) in [5, 5.41) is 0. The summed E-state index contributed by atoms with van der Waals surface area (Å²) in [4.78, 5) is 35.0. The third-order valence-corrected chi connectivity index (χ3v) is 7.88. The molecule has 6 rings (SSSR count). The molecule has 2 fully saturated rings. The lowest BCUT2D eigenvalue weighted by atomic mass is 10.1. The van der Waals surface area contributed by atoms with Crippen LogP contribution in [0, 0.1) is 0 Å². The predicted molar refractivity (Wildman–Crippen MR) is 171 cm³/mol. The molecule has 0 spiro atoms. The topological polar surface area (TPSA) is 142 Å². The second kappa shape index (κ2) is 14.7. The molecule has 2 aliphatic heterocycles. The number of nitrogens with two attached hydrogens (primary N) is 2. The summed E-state index contributed by atoms with van der Waals surface area (Å²) in [6.45, 7) is 11.4. The van der Waals surface area contributed by atoms with E-state index in [0.717, 1.165) is 106 Å². The fourth-order valence-corrected chi connectivity index (χ4v) is 5.36. The quantitative estimate of drug-likeness (QED) is 0.329. The van der Waals surface area contributed by atoms with Gasteiger partial charge in [-0.2, -0.15) is 9.97 Å². The van der Waals surface area contributed by atoms with Gasteiger partial charge in [0.1, 0.15) is 11.6 Å². The molecule has 12 heteroatoms. The van der Waals surface area contributed by atoms with Gasteiger partial charge in [0.15, 0.2) is 0 Å². The van der Waals surface area contributed by atoms with Crippen molar-refractivity contribution in [2.45, 2.75) is 19.8 Å². The van der Waals surface area contributed by atoms with E-state index in [9.17, 15) is 0 Å². The maximum Gasteiger partial charge on any atom is 0.221 e. The van der Waals surface area contributed by atoms with Crippen molar-refractivity contribution in [3.05, 3.63) is 83.7 Å². The zero-order valence-corrected chi connectivity index (χ0v) is 25.2. The summed E-state index contributed by atoms with van der Waals surface area (Å²) in [6.07, 6.45) is 12.6. The van der Waals surface area contributed by atoms with Crippen LogP contribution in [0.4, 0.5) is 23.5 Å². The van der Waals surface area contributed by atoms with Crippen LogP contribution < -0.4 is 21.3 Å². The molecule has 0 atom stereocenters. The number of piperazine rings is 2. The van der Waals surface area contributed by atoms with Gasteiger partial charge in [0.25, 0.3) is 0 Å². The molecule has 0 unspecified atom stereocenters. The zero-order valence-electron chi connectivity index (χ0n) is 25.2. The Morgan fingerprint density at radius 3 is 1.53 bits per heavy atom. The Kier molecular flexibility index (Phi) is 10.2. The Balaban J connectivity index is 0.000000171.